The van der Waals surface area contributed by atoms with E-state index in [-0.39, 0.29) is 56.4 Å². The smallest absolute Gasteiger partial charge is 0.326 e. The van der Waals surface area contributed by atoms with Gasteiger partial charge in [0.05, 0.1) is 12.6 Å². The number of benzene rings is 1. The molecule has 0 aliphatic heterocycles. The lowest BCUT2D eigenvalue weighted by atomic mass is 9.97. The number of hydrogen-bond donors (Lipinski definition) is 9. The number of guanidine groups is 1. The first-order valence-corrected chi connectivity index (χ1v) is 17.1. The highest BCUT2D eigenvalue weighted by atomic mass is 16.4. The Kier molecular flexibility index (Phi) is 19.6. The molecule has 0 spiro atoms. The number of amides is 5. The number of nitrogens with one attached hydrogen (secondary N) is 5. The Morgan fingerprint density at radius 1 is 0.863 bits per heavy atom. The van der Waals surface area contributed by atoms with E-state index >= 15 is 0 Å². The van der Waals surface area contributed by atoms with Crippen molar-refractivity contribution in [1.82, 2.24) is 26.6 Å². The summed E-state index contributed by atoms with van der Waals surface area (Å²) in [5.74, 6) is -5.04. The number of carboxylic acids is 1. The van der Waals surface area contributed by atoms with Crippen molar-refractivity contribution in [2.75, 3.05) is 13.1 Å². The van der Waals surface area contributed by atoms with E-state index in [9.17, 15) is 33.9 Å². The van der Waals surface area contributed by atoms with Gasteiger partial charge in [-0.1, -0.05) is 70.0 Å². The Labute approximate surface area is 300 Å². The van der Waals surface area contributed by atoms with Crippen molar-refractivity contribution in [2.24, 2.45) is 34.0 Å². The van der Waals surface area contributed by atoms with Gasteiger partial charge >= 0.3 is 5.97 Å². The average molecular weight is 716 g/mol. The van der Waals surface area contributed by atoms with Crippen LogP contribution < -0.4 is 43.8 Å². The summed E-state index contributed by atoms with van der Waals surface area (Å²) in [5.41, 5.74) is 18.3. The van der Waals surface area contributed by atoms with Crippen molar-refractivity contribution in [3.8, 4) is 0 Å². The maximum Gasteiger partial charge on any atom is 0.326 e. The molecular weight excluding hydrogens is 658 g/mol. The van der Waals surface area contributed by atoms with E-state index < -0.39 is 72.3 Å². The fraction of sp³-hybridized carbons (Fsp3) is 0.571. The van der Waals surface area contributed by atoms with Crippen LogP contribution in [-0.2, 0) is 35.2 Å². The number of carbonyl (C=O) groups excluding carboxylic acids is 5. The zero-order valence-electron chi connectivity index (χ0n) is 30.4. The summed E-state index contributed by atoms with van der Waals surface area (Å²) in [6, 6.07) is 3.79. The van der Waals surface area contributed by atoms with E-state index in [4.69, 9.17) is 17.2 Å². The lowest BCUT2D eigenvalue weighted by Crippen LogP contribution is -2.58. The number of nitrogens with zero attached hydrogens (tertiary/aromatic N) is 1. The summed E-state index contributed by atoms with van der Waals surface area (Å²) >= 11 is 0. The summed E-state index contributed by atoms with van der Waals surface area (Å²) in [6.45, 7) is 12.4. The van der Waals surface area contributed by atoms with Gasteiger partial charge in [0.2, 0.25) is 29.5 Å². The molecule has 12 N–H and O–H groups in total. The maximum absolute atomic E-state index is 13.5. The molecule has 0 aromatic heterocycles. The summed E-state index contributed by atoms with van der Waals surface area (Å²) in [6.07, 6.45) is 1.37. The Morgan fingerprint density at radius 3 is 2.02 bits per heavy atom. The summed E-state index contributed by atoms with van der Waals surface area (Å²) in [7, 11) is 0. The van der Waals surface area contributed by atoms with Crippen molar-refractivity contribution >= 4 is 41.5 Å². The molecule has 1 rings (SSSR count). The van der Waals surface area contributed by atoms with Gasteiger partial charge in [-0.3, -0.25) is 29.0 Å². The van der Waals surface area contributed by atoms with Gasteiger partial charge < -0.3 is 48.9 Å². The Bertz CT molecular complexity index is 1370. The number of aliphatic imine (C=N–C) groups is 1. The minimum Gasteiger partial charge on any atom is -0.480 e. The van der Waals surface area contributed by atoms with Crippen LogP contribution in [0.15, 0.2) is 47.5 Å². The second kappa shape index (κ2) is 22.7. The average Bonchev–Trinajstić information content (AvgIpc) is 3.06. The van der Waals surface area contributed by atoms with Crippen LogP contribution in [0.3, 0.4) is 0 Å². The lowest BCUT2D eigenvalue weighted by Gasteiger charge is -2.27. The number of hydrogen-bond acceptors (Lipinski definition) is 8. The molecule has 0 fully saturated rings. The molecule has 284 valence electrons. The lowest BCUT2D eigenvalue weighted by molar-refractivity contribution is -0.142. The first kappa shape index (κ1) is 44.0. The summed E-state index contributed by atoms with van der Waals surface area (Å²) in [5, 5.41) is 22.5. The van der Waals surface area contributed by atoms with Crippen molar-refractivity contribution in [3.05, 3.63) is 48.0 Å². The number of carboxylic acid groups (broad SMARTS) is 1. The predicted molar refractivity (Wildman–Crippen MR) is 195 cm³/mol. The normalized spacial score (nSPS) is 14.4. The van der Waals surface area contributed by atoms with E-state index in [0.717, 1.165) is 5.56 Å². The molecule has 0 saturated heterocycles. The quantitative estimate of drug-likeness (QED) is 0.0312. The van der Waals surface area contributed by atoms with E-state index in [1.54, 1.807) is 13.8 Å². The standard InChI is InChI=1S/C35H57N9O7/c1-7-22(6)29(44-32(48)26(16-20(2)3)42-30(46)24(36)18-23-12-9-8-10-13-23)33(49)40-19-28(45)41-25(14-11-15-39-35(37)38)31(47)43-27(34(50)51)17-21(4)5/h8-10,12-13,21-22,24-27,29H,2,7,11,14-19,36H2,1,3-6H3,(H,40,49)(H,41,45)(H,42,46)(H,43,47)(H,44,48)(H,50,51)(H4,37,38,39)/t22-,24-,25-,26-,27-,29-/m0/s1. The minimum atomic E-state index is -1.21. The third-order valence-electron chi connectivity index (χ3n) is 7.96. The van der Waals surface area contributed by atoms with Crippen LogP contribution in [0.1, 0.15) is 72.3 Å². The van der Waals surface area contributed by atoms with Gasteiger partial charge in [0.15, 0.2) is 5.96 Å². The Hall–Kier alpha value is -4.99. The van der Waals surface area contributed by atoms with Crippen molar-refractivity contribution < 1.29 is 33.9 Å². The minimum absolute atomic E-state index is 0.0278. The zero-order chi connectivity index (χ0) is 38.7. The molecule has 0 unspecified atom stereocenters. The molecule has 51 heavy (non-hydrogen) atoms. The number of carbonyl (C=O) groups is 6. The van der Waals surface area contributed by atoms with Gasteiger partial charge in [-0.05, 0) is 56.4 Å². The van der Waals surface area contributed by atoms with Crippen LogP contribution in [-0.4, -0.2) is 89.9 Å². The van der Waals surface area contributed by atoms with Crippen LogP contribution in [0.5, 0.6) is 0 Å². The topological polar surface area (TPSA) is 273 Å². The van der Waals surface area contributed by atoms with Gasteiger partial charge in [0, 0.05) is 6.54 Å². The summed E-state index contributed by atoms with van der Waals surface area (Å²) < 4.78 is 0. The molecule has 0 aliphatic carbocycles. The highest BCUT2D eigenvalue weighted by Crippen LogP contribution is 2.11. The molecule has 0 aliphatic rings. The van der Waals surface area contributed by atoms with E-state index in [0.29, 0.717) is 12.0 Å². The van der Waals surface area contributed by atoms with Crippen molar-refractivity contribution in [1.29, 1.82) is 0 Å². The fourth-order valence-corrected chi connectivity index (χ4v) is 5.01. The van der Waals surface area contributed by atoms with Crippen molar-refractivity contribution in [3.63, 3.8) is 0 Å². The largest absolute Gasteiger partial charge is 0.480 e. The number of rotatable bonds is 23. The third-order valence-corrected chi connectivity index (χ3v) is 7.96. The number of aliphatic carboxylic acids is 1. The monoisotopic (exact) mass is 715 g/mol. The van der Waals surface area contributed by atoms with Crippen LogP contribution >= 0.6 is 0 Å². The second-order valence-corrected chi connectivity index (χ2v) is 13.2. The molecule has 0 saturated carbocycles. The third kappa shape index (κ3) is 17.5. The van der Waals surface area contributed by atoms with E-state index in [1.165, 1.54) is 0 Å². The molecule has 16 nitrogen and oxygen atoms in total. The molecule has 0 bridgehead atoms. The van der Waals surface area contributed by atoms with Crippen molar-refractivity contribution in [2.45, 2.75) is 103 Å². The molecule has 16 heteroatoms. The first-order chi connectivity index (χ1) is 23.9. The van der Waals surface area contributed by atoms with Gasteiger partial charge in [-0.25, -0.2) is 4.79 Å². The van der Waals surface area contributed by atoms with Crippen LogP contribution in [0.25, 0.3) is 0 Å². The van der Waals surface area contributed by atoms with E-state index in [1.807, 2.05) is 51.1 Å². The molecule has 0 heterocycles. The van der Waals surface area contributed by atoms with Gasteiger partial charge in [0.25, 0.3) is 0 Å². The van der Waals surface area contributed by atoms with Crippen LogP contribution in [0.4, 0.5) is 0 Å². The highest BCUT2D eigenvalue weighted by molar-refractivity contribution is 5.95. The van der Waals surface area contributed by atoms with Gasteiger partial charge in [-0.2, -0.15) is 0 Å². The number of nitrogens with two attached hydrogens (primary N) is 3. The predicted octanol–water partition coefficient (Wildman–Crippen LogP) is -0.192. The van der Waals surface area contributed by atoms with Gasteiger partial charge in [0.1, 0.15) is 24.2 Å². The second-order valence-electron chi connectivity index (χ2n) is 13.2. The maximum atomic E-state index is 13.5. The molecule has 1 aromatic carbocycles. The van der Waals surface area contributed by atoms with E-state index in [2.05, 4.69) is 38.2 Å². The molecule has 0 radical (unpaired) electrons. The van der Waals surface area contributed by atoms with Gasteiger partial charge in [-0.15, -0.1) is 6.58 Å². The Morgan fingerprint density at radius 2 is 1.47 bits per heavy atom. The fourth-order valence-electron chi connectivity index (χ4n) is 5.01. The zero-order valence-corrected chi connectivity index (χ0v) is 30.4. The SMILES string of the molecule is C=C(C)C[C@H](NC(=O)[C@@H](N)Cc1ccccc1)C(=O)N[C@H](C(=O)NCC(=O)N[C@@H](CCCN=C(N)N)C(=O)N[C@@H](CC(C)C)C(=O)O)[C@@H](C)CC. The first-order valence-electron chi connectivity index (χ1n) is 17.1. The molecule has 6 atom stereocenters. The molecule has 5 amide bonds. The molecular formula is C35H57N9O7. The van der Waals surface area contributed by atoms with Crippen LogP contribution in [0, 0.1) is 11.8 Å². The Balaban J connectivity index is 3.01. The summed E-state index contributed by atoms with van der Waals surface area (Å²) in [4.78, 5) is 81.5. The van der Waals surface area contributed by atoms with Crippen LogP contribution in [0.2, 0.25) is 0 Å². The highest BCUT2D eigenvalue weighted by Gasteiger charge is 2.32. The molecule has 1 aromatic rings.